The van der Waals surface area contributed by atoms with Gasteiger partial charge in [0.2, 0.25) is 0 Å². The minimum atomic E-state index is -1.10. The highest BCUT2D eigenvalue weighted by molar-refractivity contribution is 6.30. The molecule has 2 rings (SSSR count). The first-order valence-electron chi connectivity index (χ1n) is 5.90. The van der Waals surface area contributed by atoms with Crippen LogP contribution in [-0.4, -0.2) is 11.7 Å². The van der Waals surface area contributed by atoms with E-state index in [-0.39, 0.29) is 5.02 Å². The molecular weight excluding hydrogens is 269 g/mol. The molecule has 2 N–H and O–H groups in total. The minimum absolute atomic E-state index is 0.103. The molecule has 1 heterocycles. The lowest BCUT2D eigenvalue weighted by molar-refractivity contribution is 0.0340. The van der Waals surface area contributed by atoms with Crippen LogP contribution in [0, 0.1) is 5.82 Å². The molecule has 19 heavy (non-hydrogen) atoms. The van der Waals surface area contributed by atoms with Crippen molar-refractivity contribution >= 4 is 11.6 Å². The normalized spacial score (nSPS) is 14.3. The van der Waals surface area contributed by atoms with Gasteiger partial charge in [0.15, 0.2) is 0 Å². The average molecular weight is 284 g/mol. The Morgan fingerprint density at radius 3 is 2.84 bits per heavy atom. The summed E-state index contributed by atoms with van der Waals surface area (Å²) in [7, 11) is 0. The fourth-order valence-corrected chi connectivity index (χ4v) is 1.89. The quantitative estimate of drug-likeness (QED) is 0.886. The number of hydrogen-bond acceptors (Lipinski definition) is 3. The van der Waals surface area contributed by atoms with Gasteiger partial charge in [-0.3, -0.25) is 0 Å². The smallest absolute Gasteiger partial charge is 0.142 e. The highest BCUT2D eigenvalue weighted by Gasteiger charge is 2.25. The summed E-state index contributed by atoms with van der Waals surface area (Å²) in [5.41, 5.74) is -0.341. The Morgan fingerprint density at radius 2 is 2.21 bits per heavy atom. The van der Waals surface area contributed by atoms with Crippen molar-refractivity contribution in [2.24, 2.45) is 0 Å². The van der Waals surface area contributed by atoms with Gasteiger partial charge in [0.05, 0.1) is 11.3 Å². The zero-order chi connectivity index (χ0) is 13.9. The number of aliphatic hydroxyl groups is 1. The second-order valence-electron chi connectivity index (χ2n) is 4.60. The van der Waals surface area contributed by atoms with Gasteiger partial charge in [-0.2, -0.15) is 0 Å². The van der Waals surface area contributed by atoms with E-state index in [9.17, 15) is 9.50 Å². The molecule has 1 atom stereocenters. The summed E-state index contributed by atoms with van der Waals surface area (Å²) < 4.78 is 18.4. The molecule has 0 fully saturated rings. The monoisotopic (exact) mass is 283 g/mol. The van der Waals surface area contributed by atoms with E-state index in [0.717, 1.165) is 5.56 Å². The van der Waals surface area contributed by atoms with Crippen molar-refractivity contribution in [1.82, 2.24) is 5.32 Å². The second kappa shape index (κ2) is 5.74. The fourth-order valence-electron chi connectivity index (χ4n) is 1.77. The predicted molar refractivity (Wildman–Crippen MR) is 71.4 cm³/mol. The van der Waals surface area contributed by atoms with Gasteiger partial charge >= 0.3 is 0 Å². The molecular formula is C14H15ClFNO2. The SMILES string of the molecule is CC(O)(CNCc1ccc(Cl)c(F)c1)c1ccco1. The van der Waals surface area contributed by atoms with Crippen molar-refractivity contribution in [2.75, 3.05) is 6.54 Å². The van der Waals surface area contributed by atoms with Crippen LogP contribution in [0.5, 0.6) is 0 Å². The van der Waals surface area contributed by atoms with E-state index in [1.165, 1.54) is 18.4 Å². The third kappa shape index (κ3) is 3.56. The Morgan fingerprint density at radius 1 is 1.42 bits per heavy atom. The molecule has 1 aromatic heterocycles. The van der Waals surface area contributed by atoms with E-state index < -0.39 is 11.4 Å². The molecule has 1 aromatic carbocycles. The van der Waals surface area contributed by atoms with Gasteiger partial charge in [0.25, 0.3) is 0 Å². The van der Waals surface area contributed by atoms with Crippen LogP contribution in [-0.2, 0) is 12.1 Å². The first-order valence-corrected chi connectivity index (χ1v) is 6.28. The van der Waals surface area contributed by atoms with Crippen LogP contribution >= 0.6 is 11.6 Å². The van der Waals surface area contributed by atoms with E-state index in [2.05, 4.69) is 5.32 Å². The molecule has 0 aliphatic rings. The van der Waals surface area contributed by atoms with Gasteiger partial charge in [-0.05, 0) is 36.8 Å². The van der Waals surface area contributed by atoms with Crippen molar-refractivity contribution in [3.8, 4) is 0 Å². The van der Waals surface area contributed by atoms with Gasteiger partial charge in [0.1, 0.15) is 17.2 Å². The van der Waals surface area contributed by atoms with E-state index in [1.807, 2.05) is 0 Å². The molecule has 0 bridgehead atoms. The van der Waals surface area contributed by atoms with Crippen molar-refractivity contribution in [2.45, 2.75) is 19.1 Å². The Balaban J connectivity index is 1.91. The number of furan rings is 1. The van der Waals surface area contributed by atoms with E-state index in [4.69, 9.17) is 16.0 Å². The first kappa shape index (κ1) is 14.1. The number of benzene rings is 1. The molecule has 0 saturated carbocycles. The Bertz CT molecular complexity index is 540. The average Bonchev–Trinajstić information content (AvgIpc) is 2.88. The van der Waals surface area contributed by atoms with E-state index >= 15 is 0 Å². The molecule has 0 spiro atoms. The zero-order valence-electron chi connectivity index (χ0n) is 10.5. The summed E-state index contributed by atoms with van der Waals surface area (Å²) in [4.78, 5) is 0. The van der Waals surface area contributed by atoms with Crippen LogP contribution in [0.4, 0.5) is 4.39 Å². The fraction of sp³-hybridized carbons (Fsp3) is 0.286. The lowest BCUT2D eigenvalue weighted by atomic mass is 10.0. The highest BCUT2D eigenvalue weighted by atomic mass is 35.5. The van der Waals surface area contributed by atoms with Crippen LogP contribution in [0.15, 0.2) is 41.0 Å². The number of nitrogens with one attached hydrogen (secondary N) is 1. The predicted octanol–water partition coefficient (Wildman–Crippen LogP) is 3.07. The summed E-state index contributed by atoms with van der Waals surface area (Å²) in [5.74, 6) is 0.0426. The summed E-state index contributed by atoms with van der Waals surface area (Å²) >= 11 is 5.61. The molecule has 102 valence electrons. The van der Waals surface area contributed by atoms with Crippen LogP contribution in [0.1, 0.15) is 18.2 Å². The third-order valence-corrected chi connectivity index (χ3v) is 3.14. The van der Waals surface area contributed by atoms with Gasteiger partial charge in [-0.25, -0.2) is 4.39 Å². The van der Waals surface area contributed by atoms with Crippen molar-refractivity contribution in [3.05, 3.63) is 58.8 Å². The summed E-state index contributed by atoms with van der Waals surface area (Å²) in [6.45, 7) is 2.39. The maximum atomic E-state index is 13.2. The number of hydrogen-bond donors (Lipinski definition) is 2. The van der Waals surface area contributed by atoms with E-state index in [1.54, 1.807) is 25.1 Å². The second-order valence-corrected chi connectivity index (χ2v) is 5.01. The van der Waals surface area contributed by atoms with E-state index in [0.29, 0.717) is 18.8 Å². The minimum Gasteiger partial charge on any atom is -0.466 e. The number of halogens is 2. The molecule has 0 aliphatic carbocycles. The van der Waals surface area contributed by atoms with Gasteiger partial charge < -0.3 is 14.8 Å². The zero-order valence-corrected chi connectivity index (χ0v) is 11.2. The summed E-state index contributed by atoms with van der Waals surface area (Å²) in [6.07, 6.45) is 1.51. The standard InChI is InChI=1S/C14H15ClFNO2/c1-14(18,13-3-2-6-19-13)9-17-8-10-4-5-11(15)12(16)7-10/h2-7,17-18H,8-9H2,1H3. The molecule has 0 amide bonds. The molecule has 0 radical (unpaired) electrons. The lowest BCUT2D eigenvalue weighted by Gasteiger charge is -2.21. The lowest BCUT2D eigenvalue weighted by Crippen LogP contribution is -2.34. The first-order chi connectivity index (χ1) is 8.99. The van der Waals surface area contributed by atoms with Crippen LogP contribution in [0.2, 0.25) is 5.02 Å². The summed E-state index contributed by atoms with van der Waals surface area (Å²) in [5, 5.41) is 13.4. The number of rotatable bonds is 5. The van der Waals surface area contributed by atoms with Crippen molar-refractivity contribution in [1.29, 1.82) is 0 Å². The Hall–Kier alpha value is -1.36. The topological polar surface area (TPSA) is 45.4 Å². The molecule has 5 heteroatoms. The molecule has 0 saturated heterocycles. The van der Waals surface area contributed by atoms with Gasteiger partial charge in [-0.1, -0.05) is 17.7 Å². The highest BCUT2D eigenvalue weighted by Crippen LogP contribution is 2.20. The van der Waals surface area contributed by atoms with Crippen LogP contribution < -0.4 is 5.32 Å². The molecule has 0 aliphatic heterocycles. The Kier molecular flexibility index (Phi) is 4.24. The van der Waals surface area contributed by atoms with Gasteiger partial charge in [0, 0.05) is 13.1 Å². The maximum absolute atomic E-state index is 13.2. The maximum Gasteiger partial charge on any atom is 0.142 e. The largest absolute Gasteiger partial charge is 0.466 e. The van der Waals surface area contributed by atoms with Crippen LogP contribution in [0.3, 0.4) is 0 Å². The summed E-state index contributed by atoms with van der Waals surface area (Å²) in [6, 6.07) is 8.05. The van der Waals surface area contributed by atoms with Crippen molar-refractivity contribution < 1.29 is 13.9 Å². The molecule has 2 aromatic rings. The van der Waals surface area contributed by atoms with Gasteiger partial charge in [-0.15, -0.1) is 0 Å². The Labute approximate surface area is 116 Å². The molecule has 1 unspecified atom stereocenters. The third-order valence-electron chi connectivity index (χ3n) is 2.83. The molecule has 3 nitrogen and oxygen atoms in total. The van der Waals surface area contributed by atoms with Crippen LogP contribution in [0.25, 0.3) is 0 Å². The van der Waals surface area contributed by atoms with Crippen molar-refractivity contribution in [3.63, 3.8) is 0 Å².